The van der Waals surface area contributed by atoms with Crippen molar-refractivity contribution in [2.45, 2.75) is 32.1 Å². The summed E-state index contributed by atoms with van der Waals surface area (Å²) in [6, 6.07) is 7.68. The summed E-state index contributed by atoms with van der Waals surface area (Å²) in [5.74, 6) is 0.464. The number of hydrogen-bond acceptors (Lipinski definition) is 3. The summed E-state index contributed by atoms with van der Waals surface area (Å²) in [5.41, 5.74) is 3.42. The molecule has 0 unspecified atom stereocenters. The van der Waals surface area contributed by atoms with Crippen molar-refractivity contribution in [3.05, 3.63) is 65.8 Å². The van der Waals surface area contributed by atoms with Gasteiger partial charge >= 0.3 is 0 Å². The second-order valence-corrected chi connectivity index (χ2v) is 5.07. The lowest BCUT2D eigenvalue weighted by Gasteiger charge is -2.25. The van der Waals surface area contributed by atoms with Crippen molar-refractivity contribution in [2.24, 2.45) is 0 Å². The van der Waals surface area contributed by atoms with Crippen LogP contribution in [-0.2, 0) is 0 Å². The molecule has 1 aromatic rings. The molecule has 0 aromatic heterocycles. The summed E-state index contributed by atoms with van der Waals surface area (Å²) in [5, 5.41) is 8.76. The summed E-state index contributed by atoms with van der Waals surface area (Å²) in [4.78, 5) is 0. The maximum absolute atomic E-state index is 13.8. The van der Waals surface area contributed by atoms with E-state index in [1.54, 1.807) is 6.92 Å². The summed E-state index contributed by atoms with van der Waals surface area (Å²) < 4.78 is 19.2. The van der Waals surface area contributed by atoms with Crippen LogP contribution in [0.25, 0.3) is 0 Å². The van der Waals surface area contributed by atoms with Gasteiger partial charge in [0.25, 0.3) is 0 Å². The first kappa shape index (κ1) is 15.3. The Morgan fingerprint density at radius 2 is 2.05 bits per heavy atom. The Kier molecular flexibility index (Phi) is 5.17. The third-order valence-electron chi connectivity index (χ3n) is 3.69. The predicted octanol–water partition coefficient (Wildman–Crippen LogP) is 4.58. The van der Waals surface area contributed by atoms with E-state index in [4.69, 9.17) is 9.94 Å². The maximum Gasteiger partial charge on any atom is 0.167 e. The van der Waals surface area contributed by atoms with Crippen molar-refractivity contribution in [2.75, 3.05) is 0 Å². The Hall–Kier alpha value is -2.07. The van der Waals surface area contributed by atoms with E-state index in [1.165, 1.54) is 30.9 Å². The molecule has 21 heavy (non-hydrogen) atoms. The van der Waals surface area contributed by atoms with Gasteiger partial charge in [0.1, 0.15) is 5.75 Å². The molecular formula is C17H20FNO2. The fraction of sp³-hybridized carbons (Fsp3) is 0.294. The summed E-state index contributed by atoms with van der Waals surface area (Å²) >= 11 is 0. The van der Waals surface area contributed by atoms with Crippen molar-refractivity contribution in [3.8, 4) is 5.75 Å². The second kappa shape index (κ2) is 7.09. The van der Waals surface area contributed by atoms with Crippen LogP contribution in [0, 0.1) is 0 Å². The molecule has 1 fully saturated rings. The third kappa shape index (κ3) is 3.95. The average molecular weight is 289 g/mol. The molecule has 2 N–H and O–H groups in total. The maximum atomic E-state index is 13.8. The first-order chi connectivity index (χ1) is 10.1. The molecule has 1 aliphatic carbocycles. The number of hydroxylamine groups is 1. The smallest absolute Gasteiger partial charge is 0.167 e. The number of benzene rings is 1. The molecule has 1 aromatic carbocycles. The molecule has 0 saturated heterocycles. The Morgan fingerprint density at radius 3 is 2.52 bits per heavy atom. The van der Waals surface area contributed by atoms with Gasteiger partial charge < -0.3 is 4.74 Å². The molecular weight excluding hydrogens is 269 g/mol. The summed E-state index contributed by atoms with van der Waals surface area (Å²) in [6.45, 7) is 5.23. The lowest BCUT2D eigenvalue weighted by atomic mass is 9.80. The van der Waals surface area contributed by atoms with Crippen LogP contribution in [0.2, 0.25) is 0 Å². The van der Waals surface area contributed by atoms with Crippen molar-refractivity contribution < 1.29 is 14.3 Å². The van der Waals surface area contributed by atoms with Gasteiger partial charge in [-0.15, -0.1) is 0 Å². The Morgan fingerprint density at radius 1 is 1.38 bits per heavy atom. The largest absolute Gasteiger partial charge is 0.455 e. The second-order valence-electron chi connectivity index (χ2n) is 5.07. The van der Waals surface area contributed by atoms with Crippen LogP contribution in [0.5, 0.6) is 5.75 Å². The van der Waals surface area contributed by atoms with Crippen LogP contribution < -0.4 is 10.2 Å². The summed E-state index contributed by atoms with van der Waals surface area (Å²) in [7, 11) is 0. The SMILES string of the molecule is C=C(Oc1ccc(C2CCC2)cc1)/C(F)=C\C(=C/C)NO. The number of ether oxygens (including phenoxy) is 1. The Balaban J connectivity index is 1.98. The highest BCUT2D eigenvalue weighted by atomic mass is 19.1. The molecule has 1 saturated carbocycles. The first-order valence-electron chi connectivity index (χ1n) is 7.04. The van der Waals surface area contributed by atoms with Gasteiger partial charge in [0.15, 0.2) is 11.6 Å². The van der Waals surface area contributed by atoms with Crippen LogP contribution in [0.15, 0.2) is 60.3 Å². The number of allylic oxidation sites excluding steroid dienone is 3. The van der Waals surface area contributed by atoms with E-state index < -0.39 is 5.83 Å². The average Bonchev–Trinajstić information content (AvgIpc) is 2.44. The highest BCUT2D eigenvalue weighted by Crippen LogP contribution is 2.36. The van der Waals surface area contributed by atoms with E-state index in [-0.39, 0.29) is 11.5 Å². The molecule has 0 bridgehead atoms. The van der Waals surface area contributed by atoms with E-state index in [9.17, 15) is 4.39 Å². The molecule has 112 valence electrons. The van der Waals surface area contributed by atoms with Gasteiger partial charge in [-0.1, -0.05) is 31.2 Å². The first-order valence-corrected chi connectivity index (χ1v) is 7.04. The van der Waals surface area contributed by atoms with E-state index in [0.717, 1.165) is 6.08 Å². The standard InChI is InChI=1S/C17H20FNO2/c1-3-15(19-20)11-17(18)12(2)21-16-9-7-14(8-10-16)13-5-4-6-13/h3,7-11,13,19-20H,2,4-6H2,1H3/b15-3+,17-11+. The highest BCUT2D eigenvalue weighted by Gasteiger charge is 2.19. The van der Waals surface area contributed by atoms with Gasteiger partial charge in [-0.3, -0.25) is 10.7 Å². The minimum atomic E-state index is -0.646. The molecule has 0 heterocycles. The molecule has 0 radical (unpaired) electrons. The fourth-order valence-electron chi connectivity index (χ4n) is 2.14. The van der Waals surface area contributed by atoms with Crippen LogP contribution in [0.3, 0.4) is 0 Å². The van der Waals surface area contributed by atoms with Crippen molar-refractivity contribution in [1.29, 1.82) is 0 Å². The minimum absolute atomic E-state index is 0.0963. The molecule has 3 nitrogen and oxygen atoms in total. The van der Waals surface area contributed by atoms with E-state index in [1.807, 2.05) is 29.7 Å². The number of rotatable bonds is 6. The zero-order valence-electron chi connectivity index (χ0n) is 12.1. The van der Waals surface area contributed by atoms with Crippen molar-refractivity contribution in [1.82, 2.24) is 5.48 Å². The molecule has 1 aliphatic rings. The van der Waals surface area contributed by atoms with Gasteiger partial charge in [-0.25, -0.2) is 4.39 Å². The number of halogens is 1. The molecule has 2 rings (SSSR count). The van der Waals surface area contributed by atoms with Crippen LogP contribution in [0.4, 0.5) is 4.39 Å². The van der Waals surface area contributed by atoms with Gasteiger partial charge in [0, 0.05) is 6.08 Å². The predicted molar refractivity (Wildman–Crippen MR) is 80.7 cm³/mol. The summed E-state index contributed by atoms with van der Waals surface area (Å²) in [6.07, 6.45) is 6.42. The highest BCUT2D eigenvalue weighted by molar-refractivity contribution is 5.34. The van der Waals surface area contributed by atoms with Crippen LogP contribution in [0.1, 0.15) is 37.7 Å². The molecule has 0 aliphatic heterocycles. The lowest BCUT2D eigenvalue weighted by Crippen LogP contribution is -2.08. The third-order valence-corrected chi connectivity index (χ3v) is 3.69. The topological polar surface area (TPSA) is 41.5 Å². The molecule has 4 heteroatoms. The van der Waals surface area contributed by atoms with E-state index >= 15 is 0 Å². The Labute approximate surface area is 124 Å². The van der Waals surface area contributed by atoms with Crippen molar-refractivity contribution in [3.63, 3.8) is 0 Å². The number of nitrogens with one attached hydrogen (secondary N) is 1. The van der Waals surface area contributed by atoms with E-state index in [0.29, 0.717) is 11.7 Å². The van der Waals surface area contributed by atoms with Crippen LogP contribution in [-0.4, -0.2) is 5.21 Å². The van der Waals surface area contributed by atoms with Gasteiger partial charge in [0.05, 0.1) is 5.70 Å². The normalized spacial score (nSPS) is 16.3. The molecule has 0 spiro atoms. The quantitative estimate of drug-likeness (QED) is 0.457. The van der Waals surface area contributed by atoms with Gasteiger partial charge in [-0.05, 0) is 43.4 Å². The zero-order valence-corrected chi connectivity index (χ0v) is 12.1. The van der Waals surface area contributed by atoms with Crippen molar-refractivity contribution >= 4 is 0 Å². The monoisotopic (exact) mass is 289 g/mol. The molecule has 0 atom stereocenters. The van der Waals surface area contributed by atoms with Crippen LogP contribution >= 0.6 is 0 Å². The number of hydrogen-bond donors (Lipinski definition) is 2. The lowest BCUT2D eigenvalue weighted by molar-refractivity contribution is 0.204. The molecule has 0 amide bonds. The van der Waals surface area contributed by atoms with Gasteiger partial charge in [0.2, 0.25) is 0 Å². The van der Waals surface area contributed by atoms with Gasteiger partial charge in [-0.2, -0.15) is 0 Å². The Bertz CT molecular complexity index is 557. The fourth-order valence-corrected chi connectivity index (χ4v) is 2.14. The minimum Gasteiger partial charge on any atom is -0.455 e. The van der Waals surface area contributed by atoms with E-state index in [2.05, 4.69) is 6.58 Å². The zero-order chi connectivity index (χ0) is 15.2.